The molecule has 1 saturated carbocycles. The molecule has 2 atom stereocenters. The Morgan fingerprint density at radius 2 is 1.95 bits per heavy atom. The number of benzene rings is 1. The zero-order valence-electron chi connectivity index (χ0n) is 11.5. The molecule has 0 heterocycles. The summed E-state index contributed by atoms with van der Waals surface area (Å²) < 4.78 is 0. The third kappa shape index (κ3) is 4.26. The molecule has 20 heavy (non-hydrogen) atoms. The summed E-state index contributed by atoms with van der Waals surface area (Å²) in [6.07, 6.45) is 3.35. The number of amides is 2. The van der Waals surface area contributed by atoms with Gasteiger partial charge in [-0.1, -0.05) is 24.6 Å². The Balaban J connectivity index is 1.75. The van der Waals surface area contributed by atoms with Crippen LogP contribution in [0.15, 0.2) is 30.3 Å². The molecular formula is C15H21N3O2. The first-order chi connectivity index (χ1) is 9.65. The second-order valence-electron chi connectivity index (χ2n) is 5.25. The zero-order valence-corrected chi connectivity index (χ0v) is 11.5. The van der Waals surface area contributed by atoms with Gasteiger partial charge in [0.2, 0.25) is 11.8 Å². The van der Waals surface area contributed by atoms with Gasteiger partial charge in [-0.3, -0.25) is 9.59 Å². The van der Waals surface area contributed by atoms with E-state index in [-0.39, 0.29) is 30.3 Å². The number of primary amides is 1. The van der Waals surface area contributed by atoms with Gasteiger partial charge in [0, 0.05) is 17.6 Å². The fraction of sp³-hybridized carbons (Fsp3) is 0.467. The molecule has 2 unspecified atom stereocenters. The van der Waals surface area contributed by atoms with Gasteiger partial charge in [-0.25, -0.2) is 0 Å². The van der Waals surface area contributed by atoms with Crippen LogP contribution in [0, 0.1) is 5.92 Å². The van der Waals surface area contributed by atoms with Crippen LogP contribution in [0.2, 0.25) is 0 Å². The van der Waals surface area contributed by atoms with Crippen molar-refractivity contribution in [2.75, 3.05) is 11.9 Å². The second-order valence-corrected chi connectivity index (χ2v) is 5.25. The molecule has 0 saturated heterocycles. The van der Waals surface area contributed by atoms with Gasteiger partial charge in [-0.05, 0) is 31.4 Å². The lowest BCUT2D eigenvalue weighted by Gasteiger charge is -2.28. The Bertz CT molecular complexity index is 461. The van der Waals surface area contributed by atoms with E-state index >= 15 is 0 Å². The quantitative estimate of drug-likeness (QED) is 0.756. The highest BCUT2D eigenvalue weighted by molar-refractivity contribution is 5.81. The molecule has 2 rings (SSSR count). The molecule has 5 heteroatoms. The molecule has 2 amide bonds. The van der Waals surface area contributed by atoms with Crippen molar-refractivity contribution in [1.82, 2.24) is 5.32 Å². The molecule has 108 valence electrons. The van der Waals surface area contributed by atoms with E-state index < -0.39 is 0 Å². The smallest absolute Gasteiger partial charge is 0.239 e. The molecule has 5 nitrogen and oxygen atoms in total. The van der Waals surface area contributed by atoms with Crippen LogP contribution in [0.3, 0.4) is 0 Å². The highest BCUT2D eigenvalue weighted by Crippen LogP contribution is 2.23. The lowest BCUT2D eigenvalue weighted by molar-refractivity contribution is -0.124. The van der Waals surface area contributed by atoms with Crippen LogP contribution in [0.5, 0.6) is 0 Å². The third-order valence-electron chi connectivity index (χ3n) is 3.67. The summed E-state index contributed by atoms with van der Waals surface area (Å²) in [5.74, 6) is -0.411. The number of nitrogens with two attached hydrogens (primary N) is 1. The summed E-state index contributed by atoms with van der Waals surface area (Å²) in [6.45, 7) is 0.238. The number of rotatable bonds is 5. The third-order valence-corrected chi connectivity index (χ3v) is 3.67. The fourth-order valence-corrected chi connectivity index (χ4v) is 2.60. The van der Waals surface area contributed by atoms with Gasteiger partial charge in [-0.15, -0.1) is 0 Å². The van der Waals surface area contributed by atoms with Crippen LogP contribution >= 0.6 is 0 Å². The van der Waals surface area contributed by atoms with Crippen LogP contribution in [0.25, 0.3) is 0 Å². The number of carbonyl (C=O) groups is 2. The second kappa shape index (κ2) is 6.93. The van der Waals surface area contributed by atoms with Crippen LogP contribution in [0.1, 0.15) is 25.7 Å². The summed E-state index contributed by atoms with van der Waals surface area (Å²) in [5, 5.41) is 6.03. The monoisotopic (exact) mass is 275 g/mol. The minimum absolute atomic E-state index is 0.0519. The van der Waals surface area contributed by atoms with Gasteiger partial charge in [0.25, 0.3) is 0 Å². The maximum atomic E-state index is 11.9. The van der Waals surface area contributed by atoms with Crippen molar-refractivity contribution in [1.29, 1.82) is 0 Å². The minimum atomic E-state index is -0.258. The largest absolute Gasteiger partial charge is 0.376 e. The van der Waals surface area contributed by atoms with Gasteiger partial charge < -0.3 is 16.4 Å². The van der Waals surface area contributed by atoms with Gasteiger partial charge >= 0.3 is 0 Å². The highest BCUT2D eigenvalue weighted by Gasteiger charge is 2.26. The van der Waals surface area contributed by atoms with Crippen molar-refractivity contribution in [3.05, 3.63) is 30.3 Å². The summed E-state index contributed by atoms with van der Waals surface area (Å²) in [5.41, 5.74) is 6.25. The standard InChI is InChI=1S/C15H21N3O2/c16-15(20)11-5-4-8-13(9-11)18-14(19)10-17-12-6-2-1-3-7-12/h1-3,6-7,11,13,17H,4-5,8-10H2,(H2,16,20)(H,18,19). The summed E-state index contributed by atoms with van der Waals surface area (Å²) in [7, 11) is 0. The zero-order chi connectivity index (χ0) is 14.4. The van der Waals surface area contributed by atoms with Crippen LogP contribution in [-0.2, 0) is 9.59 Å². The van der Waals surface area contributed by atoms with E-state index in [1.54, 1.807) is 0 Å². The Kier molecular flexibility index (Phi) is 4.98. The first-order valence-electron chi connectivity index (χ1n) is 7.03. The maximum Gasteiger partial charge on any atom is 0.239 e. The molecule has 1 aromatic rings. The SMILES string of the molecule is NC(=O)C1CCCC(NC(=O)CNc2ccccc2)C1. The van der Waals surface area contributed by atoms with Gasteiger partial charge in [0.15, 0.2) is 0 Å². The van der Waals surface area contributed by atoms with E-state index in [2.05, 4.69) is 10.6 Å². The maximum absolute atomic E-state index is 11.9. The summed E-state index contributed by atoms with van der Waals surface area (Å²) >= 11 is 0. The number of hydrogen-bond acceptors (Lipinski definition) is 3. The van der Waals surface area contributed by atoms with Crippen LogP contribution in [0.4, 0.5) is 5.69 Å². The molecule has 0 aliphatic heterocycles. The molecule has 0 radical (unpaired) electrons. The van der Waals surface area contributed by atoms with Crippen molar-refractivity contribution in [3.63, 3.8) is 0 Å². The van der Waals surface area contributed by atoms with E-state index in [0.29, 0.717) is 6.42 Å². The van der Waals surface area contributed by atoms with E-state index in [0.717, 1.165) is 24.9 Å². The Morgan fingerprint density at radius 1 is 1.20 bits per heavy atom. The lowest BCUT2D eigenvalue weighted by atomic mass is 9.85. The van der Waals surface area contributed by atoms with E-state index in [1.165, 1.54) is 0 Å². The fourth-order valence-electron chi connectivity index (χ4n) is 2.60. The molecule has 1 aliphatic rings. The van der Waals surface area contributed by atoms with Gasteiger partial charge in [-0.2, -0.15) is 0 Å². The summed E-state index contributed by atoms with van der Waals surface area (Å²) in [6, 6.07) is 9.65. The predicted octanol–water partition coefficient (Wildman–Crippen LogP) is 1.26. The van der Waals surface area contributed by atoms with E-state index in [4.69, 9.17) is 5.73 Å². The molecule has 0 spiro atoms. The number of para-hydroxylation sites is 1. The molecule has 1 aliphatic carbocycles. The van der Waals surface area contributed by atoms with Crippen molar-refractivity contribution < 1.29 is 9.59 Å². The number of hydrogen-bond donors (Lipinski definition) is 3. The Labute approximate surface area is 118 Å². The molecule has 1 aromatic carbocycles. The molecule has 1 fully saturated rings. The number of anilines is 1. The first-order valence-corrected chi connectivity index (χ1v) is 7.03. The average Bonchev–Trinajstić information content (AvgIpc) is 2.46. The molecule has 0 bridgehead atoms. The van der Waals surface area contributed by atoms with Crippen molar-refractivity contribution in [2.24, 2.45) is 11.7 Å². The first kappa shape index (κ1) is 14.4. The Hall–Kier alpha value is -2.04. The minimum Gasteiger partial charge on any atom is -0.376 e. The normalized spacial score (nSPS) is 22.0. The van der Waals surface area contributed by atoms with Crippen molar-refractivity contribution in [3.8, 4) is 0 Å². The van der Waals surface area contributed by atoms with Crippen LogP contribution in [-0.4, -0.2) is 24.4 Å². The summed E-state index contributed by atoms with van der Waals surface area (Å²) in [4.78, 5) is 23.1. The van der Waals surface area contributed by atoms with E-state index in [9.17, 15) is 9.59 Å². The topological polar surface area (TPSA) is 84.2 Å². The average molecular weight is 275 g/mol. The highest BCUT2D eigenvalue weighted by atomic mass is 16.2. The van der Waals surface area contributed by atoms with Crippen molar-refractivity contribution in [2.45, 2.75) is 31.7 Å². The van der Waals surface area contributed by atoms with Crippen molar-refractivity contribution >= 4 is 17.5 Å². The lowest BCUT2D eigenvalue weighted by Crippen LogP contribution is -2.43. The number of carbonyl (C=O) groups excluding carboxylic acids is 2. The van der Waals surface area contributed by atoms with Gasteiger partial charge in [0.1, 0.15) is 0 Å². The molecular weight excluding hydrogens is 254 g/mol. The number of nitrogens with one attached hydrogen (secondary N) is 2. The van der Waals surface area contributed by atoms with Crippen LogP contribution < -0.4 is 16.4 Å². The molecule has 0 aromatic heterocycles. The predicted molar refractivity (Wildman–Crippen MR) is 78.0 cm³/mol. The van der Waals surface area contributed by atoms with E-state index in [1.807, 2.05) is 30.3 Å². The Morgan fingerprint density at radius 3 is 2.65 bits per heavy atom. The van der Waals surface area contributed by atoms with Gasteiger partial charge in [0.05, 0.1) is 6.54 Å². The molecule has 4 N–H and O–H groups in total.